The van der Waals surface area contributed by atoms with Crippen LogP contribution in [0.2, 0.25) is 0 Å². The molecule has 5 heteroatoms. The van der Waals surface area contributed by atoms with E-state index in [0.717, 1.165) is 0 Å². The first kappa shape index (κ1) is 12.6. The fourth-order valence-corrected chi connectivity index (χ4v) is 1.18. The van der Waals surface area contributed by atoms with Crippen LogP contribution in [0.1, 0.15) is 10.4 Å². The highest BCUT2D eigenvalue weighted by molar-refractivity contribution is 5.94. The van der Waals surface area contributed by atoms with Gasteiger partial charge in [-0.05, 0) is 12.1 Å². The summed E-state index contributed by atoms with van der Waals surface area (Å²) < 4.78 is 23.0. The first-order valence-electron chi connectivity index (χ1n) is 4.77. The smallest absolute Gasteiger partial charge is 0.254 e. The molecule has 0 atom stereocenters. The molecule has 1 amide bonds. The molecule has 1 aromatic carbocycles. The molecule has 88 valence electrons. The van der Waals surface area contributed by atoms with Crippen LogP contribution in [-0.4, -0.2) is 33.0 Å². The van der Waals surface area contributed by atoms with Gasteiger partial charge >= 0.3 is 0 Å². The Kier molecular flexibility index (Phi) is 4.88. The molecule has 4 nitrogen and oxygen atoms in total. The maximum atomic E-state index is 13.2. The van der Waals surface area contributed by atoms with Crippen molar-refractivity contribution in [1.82, 2.24) is 5.32 Å². The van der Waals surface area contributed by atoms with Gasteiger partial charge in [-0.3, -0.25) is 4.79 Å². The maximum Gasteiger partial charge on any atom is 0.254 e. The van der Waals surface area contributed by atoms with E-state index >= 15 is 0 Å². The van der Waals surface area contributed by atoms with Crippen molar-refractivity contribution in [2.45, 2.75) is 6.29 Å². The monoisotopic (exact) mass is 227 g/mol. The second-order valence-corrected chi connectivity index (χ2v) is 3.09. The molecule has 0 radical (unpaired) electrons. The second-order valence-electron chi connectivity index (χ2n) is 3.09. The molecule has 0 aliphatic carbocycles. The molecule has 0 unspecified atom stereocenters. The van der Waals surface area contributed by atoms with Gasteiger partial charge in [0.1, 0.15) is 5.82 Å². The van der Waals surface area contributed by atoms with Crippen LogP contribution in [-0.2, 0) is 9.47 Å². The van der Waals surface area contributed by atoms with Gasteiger partial charge in [-0.1, -0.05) is 12.1 Å². The third-order valence-corrected chi connectivity index (χ3v) is 2.07. The van der Waals surface area contributed by atoms with Crippen LogP contribution in [0.5, 0.6) is 0 Å². The summed E-state index contributed by atoms with van der Waals surface area (Å²) in [4.78, 5) is 11.5. The van der Waals surface area contributed by atoms with Crippen LogP contribution in [0.15, 0.2) is 24.3 Å². The van der Waals surface area contributed by atoms with Crippen LogP contribution in [0.25, 0.3) is 0 Å². The summed E-state index contributed by atoms with van der Waals surface area (Å²) in [7, 11) is 2.92. The van der Waals surface area contributed by atoms with E-state index in [2.05, 4.69) is 5.32 Å². The highest BCUT2D eigenvalue weighted by Crippen LogP contribution is 2.05. The Labute approximate surface area is 93.4 Å². The molecule has 0 heterocycles. The average Bonchev–Trinajstić information content (AvgIpc) is 2.30. The Morgan fingerprint density at radius 3 is 2.56 bits per heavy atom. The largest absolute Gasteiger partial charge is 0.354 e. The Morgan fingerprint density at radius 1 is 1.38 bits per heavy atom. The van der Waals surface area contributed by atoms with Crippen molar-refractivity contribution in [1.29, 1.82) is 0 Å². The molecule has 1 aromatic rings. The third kappa shape index (κ3) is 3.29. The molecular formula is C11H14FNO3. The Balaban J connectivity index is 2.56. The summed E-state index contributed by atoms with van der Waals surface area (Å²) in [6, 6.07) is 5.78. The molecule has 1 N–H and O–H groups in total. The number of hydrogen-bond acceptors (Lipinski definition) is 3. The van der Waals surface area contributed by atoms with Crippen LogP contribution < -0.4 is 5.32 Å². The van der Waals surface area contributed by atoms with Gasteiger partial charge in [-0.25, -0.2) is 4.39 Å². The first-order chi connectivity index (χ1) is 7.69. The quantitative estimate of drug-likeness (QED) is 0.768. The van der Waals surface area contributed by atoms with E-state index < -0.39 is 18.0 Å². The number of methoxy groups -OCH3 is 2. The Hall–Kier alpha value is -1.46. The maximum absolute atomic E-state index is 13.2. The second kappa shape index (κ2) is 6.19. The van der Waals surface area contributed by atoms with Gasteiger partial charge in [0.25, 0.3) is 5.91 Å². The molecule has 16 heavy (non-hydrogen) atoms. The molecule has 0 saturated carbocycles. The Bertz CT molecular complexity index is 353. The van der Waals surface area contributed by atoms with Gasteiger partial charge in [-0.2, -0.15) is 0 Å². The van der Waals surface area contributed by atoms with Crippen molar-refractivity contribution in [3.63, 3.8) is 0 Å². The molecule has 0 saturated heterocycles. The van der Waals surface area contributed by atoms with Crippen LogP contribution >= 0.6 is 0 Å². The predicted molar refractivity (Wildman–Crippen MR) is 56.5 cm³/mol. The number of benzene rings is 1. The number of rotatable bonds is 5. The third-order valence-electron chi connectivity index (χ3n) is 2.07. The van der Waals surface area contributed by atoms with E-state index in [-0.39, 0.29) is 12.1 Å². The summed E-state index contributed by atoms with van der Waals surface area (Å²) in [5.74, 6) is -1.04. The fourth-order valence-electron chi connectivity index (χ4n) is 1.18. The van der Waals surface area contributed by atoms with E-state index in [9.17, 15) is 9.18 Å². The standard InChI is InChI=1S/C11H14FNO3/c1-15-10(16-2)7-13-11(14)8-5-3-4-6-9(8)12/h3-6,10H,7H2,1-2H3,(H,13,14). The highest BCUT2D eigenvalue weighted by atomic mass is 19.1. The van der Waals surface area contributed by atoms with E-state index in [1.165, 1.54) is 32.4 Å². The molecule has 0 aliphatic heterocycles. The van der Waals surface area contributed by atoms with Gasteiger partial charge in [0.05, 0.1) is 12.1 Å². The number of ether oxygens (including phenoxy) is 2. The summed E-state index contributed by atoms with van der Waals surface area (Å²) in [5.41, 5.74) is 0.00783. The van der Waals surface area contributed by atoms with Gasteiger partial charge in [-0.15, -0.1) is 0 Å². The number of halogens is 1. The van der Waals surface area contributed by atoms with E-state index in [1.54, 1.807) is 6.07 Å². The van der Waals surface area contributed by atoms with Gasteiger partial charge in [0, 0.05) is 14.2 Å². The predicted octanol–water partition coefficient (Wildman–Crippen LogP) is 1.17. The zero-order valence-corrected chi connectivity index (χ0v) is 9.20. The average molecular weight is 227 g/mol. The minimum atomic E-state index is -0.550. The minimum absolute atomic E-state index is 0.00783. The normalized spacial score (nSPS) is 10.5. The lowest BCUT2D eigenvalue weighted by Crippen LogP contribution is -2.34. The number of hydrogen-bond donors (Lipinski definition) is 1. The number of carbonyl (C=O) groups is 1. The van der Waals surface area contributed by atoms with Crippen LogP contribution in [0, 0.1) is 5.82 Å². The molecule has 0 aromatic heterocycles. The molecule has 0 aliphatic rings. The molecular weight excluding hydrogens is 213 g/mol. The van der Waals surface area contributed by atoms with Gasteiger partial charge in [0.15, 0.2) is 6.29 Å². The molecule has 0 bridgehead atoms. The van der Waals surface area contributed by atoms with E-state index in [4.69, 9.17) is 9.47 Å². The summed E-state index contributed by atoms with van der Waals surface area (Å²) in [6.45, 7) is 0.167. The van der Waals surface area contributed by atoms with Crippen molar-refractivity contribution >= 4 is 5.91 Å². The van der Waals surface area contributed by atoms with Gasteiger partial charge in [0.2, 0.25) is 0 Å². The Morgan fingerprint density at radius 2 is 2.00 bits per heavy atom. The van der Waals surface area contributed by atoms with E-state index in [0.29, 0.717) is 0 Å². The molecule has 1 rings (SSSR count). The highest BCUT2D eigenvalue weighted by Gasteiger charge is 2.12. The van der Waals surface area contributed by atoms with Crippen LogP contribution in [0.3, 0.4) is 0 Å². The lowest BCUT2D eigenvalue weighted by molar-refractivity contribution is -0.0974. The topological polar surface area (TPSA) is 47.6 Å². The zero-order valence-electron chi connectivity index (χ0n) is 9.20. The van der Waals surface area contributed by atoms with Crippen molar-refractivity contribution in [2.75, 3.05) is 20.8 Å². The summed E-state index contributed by atoms with van der Waals surface area (Å²) >= 11 is 0. The molecule has 0 spiro atoms. The lowest BCUT2D eigenvalue weighted by atomic mass is 10.2. The summed E-state index contributed by atoms with van der Waals surface area (Å²) in [6.07, 6.45) is -0.532. The van der Waals surface area contributed by atoms with Gasteiger partial charge < -0.3 is 14.8 Å². The van der Waals surface area contributed by atoms with E-state index in [1.807, 2.05) is 0 Å². The van der Waals surface area contributed by atoms with Crippen molar-refractivity contribution in [3.05, 3.63) is 35.6 Å². The van der Waals surface area contributed by atoms with Crippen molar-refractivity contribution in [3.8, 4) is 0 Å². The lowest BCUT2D eigenvalue weighted by Gasteiger charge is -2.14. The van der Waals surface area contributed by atoms with Crippen LogP contribution in [0.4, 0.5) is 4.39 Å². The SMILES string of the molecule is COC(CNC(=O)c1ccccc1F)OC. The van der Waals surface area contributed by atoms with Crippen molar-refractivity contribution in [2.24, 2.45) is 0 Å². The number of amides is 1. The molecule has 0 fully saturated rings. The number of carbonyl (C=O) groups excluding carboxylic acids is 1. The summed E-state index contributed by atoms with van der Waals surface area (Å²) in [5, 5.41) is 2.51. The first-order valence-corrected chi connectivity index (χ1v) is 4.77. The fraction of sp³-hybridized carbons (Fsp3) is 0.364. The number of nitrogens with one attached hydrogen (secondary N) is 1. The minimum Gasteiger partial charge on any atom is -0.354 e. The zero-order chi connectivity index (χ0) is 12.0. The van der Waals surface area contributed by atoms with Crippen molar-refractivity contribution < 1.29 is 18.7 Å².